The average Bonchev–Trinajstić information content (AvgIpc) is 3.32. The molecule has 13 heteroatoms. The number of rotatable bonds is 8. The van der Waals surface area contributed by atoms with Gasteiger partial charge in [0.15, 0.2) is 0 Å². The molecule has 216 valence electrons. The van der Waals surface area contributed by atoms with Crippen molar-refractivity contribution in [2.24, 2.45) is 10.1 Å². The first kappa shape index (κ1) is 28.1. The number of aliphatic hydroxyl groups excluding tert-OH is 1. The number of aliphatic imine (C=N–C) groups is 1. The molecule has 5 rings (SSSR count). The zero-order valence-corrected chi connectivity index (χ0v) is 22.0. The summed E-state index contributed by atoms with van der Waals surface area (Å²) in [6, 6.07) is 13.9. The van der Waals surface area contributed by atoms with Crippen molar-refractivity contribution < 1.29 is 37.4 Å². The summed E-state index contributed by atoms with van der Waals surface area (Å²) >= 11 is 0. The lowest BCUT2D eigenvalue weighted by Gasteiger charge is -2.38. The number of carbonyl (C=O) groups is 2. The summed E-state index contributed by atoms with van der Waals surface area (Å²) in [7, 11) is 0. The van der Waals surface area contributed by atoms with Gasteiger partial charge in [-0.2, -0.15) is 13.2 Å². The summed E-state index contributed by atoms with van der Waals surface area (Å²) in [4.78, 5) is 38.2. The number of halogens is 3. The van der Waals surface area contributed by atoms with E-state index in [4.69, 9.17) is 14.7 Å². The molecule has 41 heavy (non-hydrogen) atoms. The van der Waals surface area contributed by atoms with Crippen molar-refractivity contribution in [2.45, 2.75) is 25.6 Å². The third kappa shape index (κ3) is 6.19. The molecule has 0 radical (unpaired) electrons. The fraction of sp³-hybridized carbons (Fsp3) is 0.357. The van der Waals surface area contributed by atoms with Gasteiger partial charge >= 0.3 is 12.3 Å². The first-order valence-electron chi connectivity index (χ1n) is 13.1. The van der Waals surface area contributed by atoms with Crippen molar-refractivity contribution >= 4 is 34.5 Å². The van der Waals surface area contributed by atoms with E-state index in [0.29, 0.717) is 37.5 Å². The number of ether oxygens (including phenoxy) is 1. The van der Waals surface area contributed by atoms with Crippen LogP contribution in [0.4, 0.5) is 18.0 Å². The van der Waals surface area contributed by atoms with Crippen molar-refractivity contribution in [2.75, 3.05) is 39.4 Å². The first-order valence-corrected chi connectivity index (χ1v) is 13.1. The van der Waals surface area contributed by atoms with Gasteiger partial charge in [0.2, 0.25) is 17.5 Å². The molecule has 3 heterocycles. The molecule has 1 aromatic heterocycles. The largest absolute Gasteiger partial charge is 0.491 e. The van der Waals surface area contributed by atoms with Gasteiger partial charge in [-0.15, -0.1) is 0 Å². The van der Waals surface area contributed by atoms with Crippen molar-refractivity contribution in [3.05, 3.63) is 65.9 Å². The van der Waals surface area contributed by atoms with Gasteiger partial charge in [0.1, 0.15) is 12.4 Å². The maximum Gasteiger partial charge on any atom is 0.442 e. The first-order chi connectivity index (χ1) is 19.8. The fourth-order valence-electron chi connectivity index (χ4n) is 4.91. The molecular formula is C28H28F3N5O5. The molecular weight excluding hydrogens is 543 g/mol. The van der Waals surface area contributed by atoms with E-state index in [2.05, 4.69) is 10.1 Å². The molecule has 1 fully saturated rings. The molecule has 0 saturated carbocycles. The van der Waals surface area contributed by atoms with E-state index in [1.54, 1.807) is 16.7 Å². The number of aliphatic hydroxyl groups is 1. The summed E-state index contributed by atoms with van der Waals surface area (Å²) in [6.07, 6.45) is -3.65. The average molecular weight is 572 g/mol. The number of benzene rings is 2. The van der Waals surface area contributed by atoms with Gasteiger partial charge in [-0.05, 0) is 36.6 Å². The maximum absolute atomic E-state index is 14.2. The van der Waals surface area contributed by atoms with Gasteiger partial charge in [0.05, 0.1) is 12.2 Å². The van der Waals surface area contributed by atoms with Crippen molar-refractivity contribution in [3.63, 3.8) is 0 Å². The number of ketones is 1. The molecule has 2 aliphatic rings. The monoisotopic (exact) mass is 571 g/mol. The van der Waals surface area contributed by atoms with Crippen LogP contribution in [0.25, 0.3) is 10.9 Å². The number of oxime groups is 1. The smallest absolute Gasteiger partial charge is 0.442 e. The van der Waals surface area contributed by atoms with E-state index < -0.39 is 23.8 Å². The Kier molecular flexibility index (Phi) is 8.24. The van der Waals surface area contributed by atoms with E-state index >= 15 is 0 Å². The highest BCUT2D eigenvalue weighted by molar-refractivity contribution is 6.49. The van der Waals surface area contributed by atoms with Crippen molar-refractivity contribution in [3.8, 4) is 5.75 Å². The standard InChI is InChI=1S/C28H28F3N5O5/c29-28(30,31)25(33-41-27(39)36-13-5-12-34-11-4-10-32-26(34)36)24(38)22-18-35(17-19-6-2-1-3-7-19)23-9-8-20(16-21(22)23)40-15-14-37/h1-3,6-9,16,18,37H,4-5,10-15,17H2/b33-25+. The number of carbonyl (C=O) groups excluding carboxylic acids is 2. The van der Waals surface area contributed by atoms with Crippen LogP contribution < -0.4 is 4.74 Å². The second-order valence-electron chi connectivity index (χ2n) is 9.56. The summed E-state index contributed by atoms with van der Waals surface area (Å²) in [5, 5.41) is 12.3. The lowest BCUT2D eigenvalue weighted by atomic mass is 10.1. The summed E-state index contributed by atoms with van der Waals surface area (Å²) < 4.78 is 49.6. The minimum Gasteiger partial charge on any atom is -0.491 e. The number of aromatic nitrogens is 1. The van der Waals surface area contributed by atoms with Gasteiger partial charge in [-0.1, -0.05) is 35.5 Å². The number of amides is 1. The van der Waals surface area contributed by atoms with E-state index in [1.165, 1.54) is 12.3 Å². The summed E-state index contributed by atoms with van der Waals surface area (Å²) in [5.74, 6) is -0.864. The molecule has 0 unspecified atom stereocenters. The van der Waals surface area contributed by atoms with Gasteiger partial charge in [0, 0.05) is 49.8 Å². The molecule has 2 aliphatic heterocycles. The second-order valence-corrected chi connectivity index (χ2v) is 9.56. The number of hydrogen-bond acceptors (Lipinski definition) is 8. The molecule has 1 saturated heterocycles. The molecule has 10 nitrogen and oxygen atoms in total. The highest BCUT2D eigenvalue weighted by atomic mass is 19.4. The Morgan fingerprint density at radius 2 is 1.83 bits per heavy atom. The SMILES string of the molecule is O=C(/C(=N\OC(=O)N1CCCN2CCCN=C21)C(F)(F)F)c1cn(Cc2ccccc2)c2ccc(OCCO)cc12. The van der Waals surface area contributed by atoms with E-state index in [9.17, 15) is 22.8 Å². The molecule has 3 aromatic rings. The maximum atomic E-state index is 14.2. The van der Waals surface area contributed by atoms with Crippen LogP contribution in [0.2, 0.25) is 0 Å². The Hall–Kier alpha value is -4.39. The molecule has 1 N–H and O–H groups in total. The lowest BCUT2D eigenvalue weighted by Crippen LogP contribution is -2.54. The predicted molar refractivity (Wildman–Crippen MR) is 144 cm³/mol. The van der Waals surface area contributed by atoms with Crippen LogP contribution in [0.3, 0.4) is 0 Å². The Bertz CT molecular complexity index is 1490. The zero-order chi connectivity index (χ0) is 29.0. The summed E-state index contributed by atoms with van der Waals surface area (Å²) in [5.41, 5.74) is -0.816. The van der Waals surface area contributed by atoms with Crippen LogP contribution in [0.15, 0.2) is 64.9 Å². The molecule has 2 aromatic carbocycles. The van der Waals surface area contributed by atoms with Gasteiger partial charge in [0.25, 0.3) is 0 Å². The molecule has 1 amide bonds. The molecule has 0 spiro atoms. The number of hydrogen-bond donors (Lipinski definition) is 1. The van der Waals surface area contributed by atoms with Gasteiger partial charge in [-0.3, -0.25) is 14.6 Å². The number of alkyl halides is 3. The van der Waals surface area contributed by atoms with Gasteiger partial charge in [-0.25, -0.2) is 9.69 Å². The van der Waals surface area contributed by atoms with Crippen LogP contribution in [-0.2, 0) is 11.4 Å². The predicted octanol–water partition coefficient (Wildman–Crippen LogP) is 4.07. The van der Waals surface area contributed by atoms with Crippen LogP contribution in [0.5, 0.6) is 5.75 Å². The Morgan fingerprint density at radius 3 is 2.59 bits per heavy atom. The number of nitrogens with zero attached hydrogens (tertiary/aromatic N) is 5. The van der Waals surface area contributed by atoms with Gasteiger partial charge < -0.3 is 19.3 Å². The van der Waals surface area contributed by atoms with E-state index in [0.717, 1.165) is 16.9 Å². The van der Waals surface area contributed by atoms with Crippen LogP contribution in [0, 0.1) is 0 Å². The Morgan fingerprint density at radius 1 is 1.05 bits per heavy atom. The molecule has 0 bridgehead atoms. The second kappa shape index (κ2) is 12.0. The van der Waals surface area contributed by atoms with E-state index in [1.807, 2.05) is 35.2 Å². The van der Waals surface area contributed by atoms with Crippen molar-refractivity contribution in [1.82, 2.24) is 14.4 Å². The topological polar surface area (TPSA) is 109 Å². The van der Waals surface area contributed by atoms with Crippen LogP contribution in [-0.4, -0.2) is 88.6 Å². The normalized spacial score (nSPS) is 15.9. The number of fused-ring (bicyclic) bond motifs is 2. The quantitative estimate of drug-likeness (QED) is 0.189. The molecule has 0 atom stereocenters. The highest BCUT2D eigenvalue weighted by Crippen LogP contribution is 2.30. The third-order valence-corrected chi connectivity index (χ3v) is 6.75. The summed E-state index contributed by atoms with van der Waals surface area (Å²) in [6.45, 7) is 2.03. The number of Topliss-reactive ketones (excluding diaryl/α,β-unsaturated/α-hetero) is 1. The minimum atomic E-state index is -5.22. The molecule has 0 aliphatic carbocycles. The van der Waals surface area contributed by atoms with E-state index in [-0.39, 0.29) is 43.0 Å². The Labute approximate surface area is 233 Å². The number of guanidine groups is 1. The van der Waals surface area contributed by atoms with Crippen LogP contribution >= 0.6 is 0 Å². The lowest BCUT2D eigenvalue weighted by molar-refractivity contribution is -0.0605. The third-order valence-electron chi connectivity index (χ3n) is 6.75. The fourth-order valence-corrected chi connectivity index (χ4v) is 4.91. The Balaban J connectivity index is 1.49. The minimum absolute atomic E-state index is 0.0378. The highest BCUT2D eigenvalue weighted by Gasteiger charge is 2.44. The van der Waals surface area contributed by atoms with Crippen molar-refractivity contribution in [1.29, 1.82) is 0 Å². The zero-order valence-electron chi connectivity index (χ0n) is 22.0. The van der Waals surface area contributed by atoms with Crippen LogP contribution in [0.1, 0.15) is 28.8 Å².